The molecule has 0 fully saturated rings. The Morgan fingerprint density at radius 1 is 1.22 bits per heavy atom. The summed E-state index contributed by atoms with van der Waals surface area (Å²) in [5, 5.41) is 11.2. The number of aryl methyl sites for hydroxylation is 1. The Morgan fingerprint density at radius 2 is 2.00 bits per heavy atom. The van der Waals surface area contributed by atoms with Gasteiger partial charge in [-0.1, -0.05) is 51.7 Å². The molecule has 0 atom stereocenters. The molecule has 146 valence electrons. The lowest BCUT2D eigenvalue weighted by Gasteiger charge is -2.09. The molecule has 6 nitrogen and oxygen atoms in total. The van der Waals surface area contributed by atoms with Gasteiger partial charge in [0.15, 0.2) is 5.82 Å². The Kier molecular flexibility index (Phi) is 8.91. The molecule has 1 heterocycles. The second-order valence-corrected chi connectivity index (χ2v) is 6.76. The molecule has 1 aromatic heterocycles. The van der Waals surface area contributed by atoms with E-state index >= 15 is 0 Å². The van der Waals surface area contributed by atoms with Crippen molar-refractivity contribution in [3.8, 4) is 5.75 Å². The van der Waals surface area contributed by atoms with E-state index in [-0.39, 0.29) is 5.78 Å². The molecule has 1 aromatic carbocycles. The highest BCUT2D eigenvalue weighted by atomic mass is 32.1. The van der Waals surface area contributed by atoms with Gasteiger partial charge in [0.1, 0.15) is 5.75 Å². The SMILES string of the molecule is CCCCCCOc1ccccc1C(=O)/C=N\n1c(CCCC)n[nH]c1=S. The van der Waals surface area contributed by atoms with Crippen LogP contribution >= 0.6 is 12.2 Å². The van der Waals surface area contributed by atoms with Gasteiger partial charge in [-0.2, -0.15) is 14.9 Å². The van der Waals surface area contributed by atoms with Crippen LogP contribution in [0.5, 0.6) is 5.75 Å². The molecule has 0 saturated heterocycles. The molecule has 27 heavy (non-hydrogen) atoms. The molecular formula is C20H28N4O2S. The lowest BCUT2D eigenvalue weighted by molar-refractivity contribution is 0.106. The lowest BCUT2D eigenvalue weighted by atomic mass is 10.1. The maximum Gasteiger partial charge on any atom is 0.216 e. The van der Waals surface area contributed by atoms with Crippen LogP contribution in [0.3, 0.4) is 0 Å². The molecule has 0 aliphatic heterocycles. The van der Waals surface area contributed by atoms with Gasteiger partial charge in [0.2, 0.25) is 10.6 Å². The van der Waals surface area contributed by atoms with Crippen molar-refractivity contribution in [2.45, 2.75) is 58.8 Å². The first-order valence-electron chi connectivity index (χ1n) is 9.64. The predicted molar refractivity (Wildman–Crippen MR) is 110 cm³/mol. The van der Waals surface area contributed by atoms with Crippen LogP contribution in [0.4, 0.5) is 0 Å². The Balaban J connectivity index is 2.07. The van der Waals surface area contributed by atoms with Crippen molar-refractivity contribution in [3.05, 3.63) is 40.4 Å². The van der Waals surface area contributed by atoms with Crippen LogP contribution < -0.4 is 4.74 Å². The van der Waals surface area contributed by atoms with Crippen molar-refractivity contribution >= 4 is 24.2 Å². The Hall–Kier alpha value is -2.28. The second-order valence-electron chi connectivity index (χ2n) is 6.37. The molecule has 0 radical (unpaired) electrons. The highest BCUT2D eigenvalue weighted by molar-refractivity contribution is 7.71. The van der Waals surface area contributed by atoms with Gasteiger partial charge in [0.25, 0.3) is 0 Å². The minimum Gasteiger partial charge on any atom is -0.493 e. The molecule has 2 rings (SSSR count). The Labute approximate surface area is 165 Å². The number of Topliss-reactive ketones (excluding diaryl/α,β-unsaturated/α-hetero) is 1. The smallest absolute Gasteiger partial charge is 0.216 e. The summed E-state index contributed by atoms with van der Waals surface area (Å²) in [6.45, 7) is 4.89. The summed E-state index contributed by atoms with van der Waals surface area (Å²) in [5.41, 5.74) is 0.502. The number of ketones is 1. The maximum absolute atomic E-state index is 12.6. The van der Waals surface area contributed by atoms with E-state index in [1.165, 1.54) is 23.7 Å². The fraction of sp³-hybridized carbons (Fsp3) is 0.500. The number of aromatic nitrogens is 3. The van der Waals surface area contributed by atoms with Crippen molar-refractivity contribution < 1.29 is 9.53 Å². The van der Waals surface area contributed by atoms with Crippen LogP contribution in [-0.4, -0.2) is 33.5 Å². The van der Waals surface area contributed by atoms with Crippen LogP contribution in [0, 0.1) is 4.77 Å². The van der Waals surface area contributed by atoms with Crippen molar-refractivity contribution in [2.24, 2.45) is 5.10 Å². The minimum atomic E-state index is -0.219. The van der Waals surface area contributed by atoms with Crippen LogP contribution in [0.2, 0.25) is 0 Å². The number of H-pyrrole nitrogens is 1. The number of rotatable bonds is 12. The van der Waals surface area contributed by atoms with E-state index in [9.17, 15) is 4.79 Å². The number of nitrogens with one attached hydrogen (secondary N) is 1. The number of unbranched alkanes of at least 4 members (excludes halogenated alkanes) is 4. The first kappa shape index (κ1) is 21.0. The summed E-state index contributed by atoms with van der Waals surface area (Å²) in [4.78, 5) is 12.6. The normalized spacial score (nSPS) is 11.2. The number of carbonyl (C=O) groups excluding carboxylic acids is 1. The zero-order valence-corrected chi connectivity index (χ0v) is 16.9. The van der Waals surface area contributed by atoms with Crippen molar-refractivity contribution in [2.75, 3.05) is 6.61 Å². The first-order chi connectivity index (χ1) is 13.2. The molecule has 0 aliphatic rings. The van der Waals surface area contributed by atoms with E-state index in [1.54, 1.807) is 6.07 Å². The van der Waals surface area contributed by atoms with Gasteiger partial charge in [-0.3, -0.25) is 9.89 Å². The van der Waals surface area contributed by atoms with Gasteiger partial charge in [-0.15, -0.1) is 0 Å². The number of carbonyl (C=O) groups is 1. The second kappa shape index (κ2) is 11.4. The third-order valence-electron chi connectivity index (χ3n) is 4.17. The summed E-state index contributed by atoms with van der Waals surface area (Å²) in [6, 6.07) is 7.25. The van der Waals surface area contributed by atoms with E-state index in [0.29, 0.717) is 22.7 Å². The minimum absolute atomic E-state index is 0.219. The third-order valence-corrected chi connectivity index (χ3v) is 4.43. The standard InChI is InChI=1S/C20H28N4O2S/c1-3-5-7-10-14-26-18-12-9-8-11-16(18)17(25)15-21-24-19(13-6-4-2)22-23-20(24)27/h8-9,11-12,15H,3-7,10,13-14H2,1-2H3,(H,23,27)/b21-15-. The zero-order valence-electron chi connectivity index (χ0n) is 16.1. The number of aromatic amines is 1. The molecule has 0 unspecified atom stereocenters. The van der Waals surface area contributed by atoms with Crippen LogP contribution in [0.1, 0.15) is 68.6 Å². The lowest BCUT2D eigenvalue weighted by Crippen LogP contribution is -2.08. The predicted octanol–water partition coefficient (Wildman–Crippen LogP) is 4.96. The number of para-hydroxylation sites is 1. The highest BCUT2D eigenvalue weighted by Gasteiger charge is 2.11. The van der Waals surface area contributed by atoms with Gasteiger partial charge in [-0.05, 0) is 37.2 Å². The highest BCUT2D eigenvalue weighted by Crippen LogP contribution is 2.18. The molecule has 0 amide bonds. The number of nitrogens with zero attached hydrogens (tertiary/aromatic N) is 3. The average Bonchev–Trinajstić information content (AvgIpc) is 3.04. The van der Waals surface area contributed by atoms with E-state index in [4.69, 9.17) is 17.0 Å². The van der Waals surface area contributed by atoms with Gasteiger partial charge >= 0.3 is 0 Å². The summed E-state index contributed by atoms with van der Waals surface area (Å²) in [6.07, 6.45) is 8.56. The van der Waals surface area contributed by atoms with E-state index in [0.717, 1.165) is 37.9 Å². The summed E-state index contributed by atoms with van der Waals surface area (Å²) >= 11 is 5.21. The first-order valence-corrected chi connectivity index (χ1v) is 10.0. The van der Waals surface area contributed by atoms with E-state index < -0.39 is 0 Å². The molecule has 0 bridgehead atoms. The molecule has 0 spiro atoms. The fourth-order valence-electron chi connectivity index (χ4n) is 2.63. The van der Waals surface area contributed by atoms with Crippen LogP contribution in [-0.2, 0) is 6.42 Å². The fourth-order valence-corrected chi connectivity index (χ4v) is 2.82. The van der Waals surface area contributed by atoms with Gasteiger partial charge in [0, 0.05) is 6.42 Å². The summed E-state index contributed by atoms with van der Waals surface area (Å²) in [7, 11) is 0. The van der Waals surface area contributed by atoms with Gasteiger partial charge in [0.05, 0.1) is 18.4 Å². The number of hydrogen-bond acceptors (Lipinski definition) is 5. The molecule has 7 heteroatoms. The molecule has 2 aromatic rings. The van der Waals surface area contributed by atoms with Crippen LogP contribution in [0.15, 0.2) is 29.4 Å². The zero-order chi connectivity index (χ0) is 19.5. The Morgan fingerprint density at radius 3 is 2.78 bits per heavy atom. The van der Waals surface area contributed by atoms with E-state index in [1.807, 2.05) is 18.2 Å². The summed E-state index contributed by atoms with van der Waals surface area (Å²) in [5.74, 6) is 1.10. The monoisotopic (exact) mass is 388 g/mol. The van der Waals surface area contributed by atoms with Gasteiger partial charge in [-0.25, -0.2) is 0 Å². The van der Waals surface area contributed by atoms with Crippen molar-refractivity contribution in [1.82, 2.24) is 14.9 Å². The number of ether oxygens (including phenoxy) is 1. The maximum atomic E-state index is 12.6. The largest absolute Gasteiger partial charge is 0.493 e. The Bertz CT molecular complexity index is 810. The quantitative estimate of drug-likeness (QED) is 0.241. The third kappa shape index (κ3) is 6.43. The molecule has 1 N–H and O–H groups in total. The number of benzene rings is 1. The van der Waals surface area contributed by atoms with E-state index in [2.05, 4.69) is 29.1 Å². The molecule has 0 saturated carbocycles. The molecular weight excluding hydrogens is 360 g/mol. The summed E-state index contributed by atoms with van der Waals surface area (Å²) < 4.78 is 7.71. The van der Waals surface area contributed by atoms with Crippen molar-refractivity contribution in [3.63, 3.8) is 0 Å². The number of hydrogen-bond donors (Lipinski definition) is 1. The van der Waals surface area contributed by atoms with Crippen LogP contribution in [0.25, 0.3) is 0 Å². The average molecular weight is 389 g/mol. The topological polar surface area (TPSA) is 72.3 Å². The molecule has 0 aliphatic carbocycles. The van der Waals surface area contributed by atoms with Crippen molar-refractivity contribution in [1.29, 1.82) is 0 Å². The van der Waals surface area contributed by atoms with Gasteiger partial charge < -0.3 is 4.74 Å².